The van der Waals surface area contributed by atoms with Gasteiger partial charge in [0, 0.05) is 19.2 Å². The Morgan fingerprint density at radius 3 is 2.76 bits per heavy atom. The van der Waals surface area contributed by atoms with Crippen LogP contribution in [0, 0.1) is 12.7 Å². The smallest absolute Gasteiger partial charge is 0.265 e. The van der Waals surface area contributed by atoms with Crippen molar-refractivity contribution in [1.29, 1.82) is 0 Å². The number of aryl methyl sites for hydroxylation is 1. The lowest BCUT2D eigenvalue weighted by molar-refractivity contribution is 0.0793. The number of H-pyrrole nitrogens is 1. The number of hydrogen-bond donors (Lipinski definition) is 2. The van der Waals surface area contributed by atoms with Gasteiger partial charge in [-0.25, -0.2) is 12.8 Å². The summed E-state index contributed by atoms with van der Waals surface area (Å²) in [5, 5.41) is 6.65. The number of carbonyl (C=O) groups is 1. The standard InChI is InChI=1S/C19H19FN4O4S/c1-12-17(29(26,27)23-14-6-4-5-13(20)9-14)10-16(28-12)18-15(11-21-22-18)19(25)24-7-2-3-8-24/h4-6,9-11,23H,2-3,7-8H2,1H3,(H,21,22). The van der Waals surface area contributed by atoms with Crippen LogP contribution in [0.4, 0.5) is 10.1 Å². The molecule has 0 saturated carbocycles. The number of furan rings is 1. The fourth-order valence-corrected chi connectivity index (χ4v) is 4.57. The SMILES string of the molecule is Cc1oc(-c2[nH]ncc2C(=O)N2CCCC2)cc1S(=O)(=O)Nc1cccc(F)c1. The van der Waals surface area contributed by atoms with E-state index in [-0.39, 0.29) is 28.0 Å². The molecule has 2 aromatic heterocycles. The van der Waals surface area contributed by atoms with Gasteiger partial charge < -0.3 is 9.32 Å². The lowest BCUT2D eigenvalue weighted by Gasteiger charge is -2.14. The number of benzene rings is 1. The van der Waals surface area contributed by atoms with Crippen LogP contribution in [0.25, 0.3) is 11.5 Å². The average molecular weight is 418 g/mol. The second-order valence-electron chi connectivity index (χ2n) is 6.80. The number of rotatable bonds is 5. The van der Waals surface area contributed by atoms with Gasteiger partial charge in [-0.15, -0.1) is 0 Å². The maximum atomic E-state index is 13.4. The van der Waals surface area contributed by atoms with Gasteiger partial charge in [-0.2, -0.15) is 5.10 Å². The molecule has 0 aliphatic carbocycles. The van der Waals surface area contributed by atoms with Crippen molar-refractivity contribution in [1.82, 2.24) is 15.1 Å². The summed E-state index contributed by atoms with van der Waals surface area (Å²) in [5.74, 6) is -0.417. The maximum Gasteiger partial charge on any atom is 0.265 e. The molecule has 1 saturated heterocycles. The third-order valence-corrected chi connectivity index (χ3v) is 6.24. The first kappa shape index (κ1) is 19.2. The minimum absolute atomic E-state index is 0.0959. The summed E-state index contributed by atoms with van der Waals surface area (Å²) in [5.41, 5.74) is 0.735. The van der Waals surface area contributed by atoms with Crippen LogP contribution in [-0.2, 0) is 10.0 Å². The van der Waals surface area contributed by atoms with Crippen molar-refractivity contribution in [2.45, 2.75) is 24.7 Å². The summed E-state index contributed by atoms with van der Waals surface area (Å²) < 4.78 is 46.8. The van der Waals surface area contributed by atoms with Crippen LogP contribution in [0.15, 0.2) is 45.8 Å². The maximum absolute atomic E-state index is 13.4. The second kappa shape index (κ2) is 7.36. The summed E-state index contributed by atoms with van der Waals surface area (Å²) in [7, 11) is -4.02. The van der Waals surface area contributed by atoms with Crippen molar-refractivity contribution in [2.75, 3.05) is 17.8 Å². The molecule has 8 nitrogen and oxygen atoms in total. The fraction of sp³-hybridized carbons (Fsp3) is 0.263. The molecule has 152 valence electrons. The Balaban J connectivity index is 1.65. The minimum Gasteiger partial charge on any atom is -0.458 e. The zero-order valence-corrected chi connectivity index (χ0v) is 16.4. The van der Waals surface area contributed by atoms with E-state index < -0.39 is 15.8 Å². The molecule has 0 radical (unpaired) electrons. The van der Waals surface area contributed by atoms with E-state index in [1.165, 1.54) is 37.4 Å². The first-order valence-corrected chi connectivity index (χ1v) is 10.6. The molecule has 0 unspecified atom stereocenters. The van der Waals surface area contributed by atoms with E-state index in [2.05, 4.69) is 14.9 Å². The van der Waals surface area contributed by atoms with Gasteiger partial charge in [-0.3, -0.25) is 14.6 Å². The molecule has 0 atom stereocenters. The van der Waals surface area contributed by atoms with E-state index in [9.17, 15) is 17.6 Å². The molecule has 10 heteroatoms. The van der Waals surface area contributed by atoms with Crippen LogP contribution in [0.1, 0.15) is 29.0 Å². The predicted octanol–water partition coefficient (Wildman–Crippen LogP) is 3.15. The van der Waals surface area contributed by atoms with Gasteiger partial charge in [0.15, 0.2) is 5.76 Å². The van der Waals surface area contributed by atoms with Crippen molar-refractivity contribution < 1.29 is 22.0 Å². The van der Waals surface area contributed by atoms with E-state index in [0.29, 0.717) is 24.3 Å². The highest BCUT2D eigenvalue weighted by molar-refractivity contribution is 7.92. The molecule has 29 heavy (non-hydrogen) atoms. The van der Waals surface area contributed by atoms with Crippen LogP contribution in [0.2, 0.25) is 0 Å². The van der Waals surface area contributed by atoms with Crippen LogP contribution in [0.3, 0.4) is 0 Å². The largest absolute Gasteiger partial charge is 0.458 e. The van der Waals surface area contributed by atoms with Gasteiger partial charge in [0.25, 0.3) is 15.9 Å². The summed E-state index contributed by atoms with van der Waals surface area (Å²) in [4.78, 5) is 14.3. The predicted molar refractivity (Wildman–Crippen MR) is 103 cm³/mol. The Morgan fingerprint density at radius 2 is 2.03 bits per heavy atom. The summed E-state index contributed by atoms with van der Waals surface area (Å²) in [6.45, 7) is 2.86. The van der Waals surface area contributed by atoms with Gasteiger partial charge in [-0.1, -0.05) is 6.07 Å². The molecule has 3 aromatic rings. The van der Waals surface area contributed by atoms with Gasteiger partial charge in [0.2, 0.25) is 0 Å². The van der Waals surface area contributed by atoms with E-state index >= 15 is 0 Å². The lowest BCUT2D eigenvalue weighted by Crippen LogP contribution is -2.27. The van der Waals surface area contributed by atoms with Crippen molar-refractivity contribution in [3.8, 4) is 11.5 Å². The number of nitrogens with one attached hydrogen (secondary N) is 2. The molecule has 1 aliphatic heterocycles. The highest BCUT2D eigenvalue weighted by Crippen LogP contribution is 2.31. The molecule has 0 spiro atoms. The minimum atomic E-state index is -4.02. The van der Waals surface area contributed by atoms with Crippen LogP contribution in [0.5, 0.6) is 0 Å². The number of anilines is 1. The van der Waals surface area contributed by atoms with Crippen LogP contribution < -0.4 is 4.72 Å². The highest BCUT2D eigenvalue weighted by Gasteiger charge is 2.28. The summed E-state index contributed by atoms with van der Waals surface area (Å²) in [6.07, 6.45) is 3.31. The van der Waals surface area contributed by atoms with Gasteiger partial charge in [0.1, 0.15) is 22.2 Å². The first-order chi connectivity index (χ1) is 13.8. The third-order valence-electron chi connectivity index (χ3n) is 4.75. The number of likely N-dealkylation sites (tertiary alicyclic amines) is 1. The van der Waals surface area contributed by atoms with Crippen molar-refractivity contribution >= 4 is 21.6 Å². The van der Waals surface area contributed by atoms with E-state index in [0.717, 1.165) is 18.9 Å². The molecule has 1 aromatic carbocycles. The Hall–Kier alpha value is -3.14. The van der Waals surface area contributed by atoms with Crippen molar-refractivity contribution in [2.24, 2.45) is 0 Å². The number of aromatic nitrogens is 2. The number of carbonyl (C=O) groups excluding carboxylic acids is 1. The lowest BCUT2D eigenvalue weighted by atomic mass is 10.2. The first-order valence-electron chi connectivity index (χ1n) is 9.07. The van der Waals surface area contributed by atoms with Crippen LogP contribution in [-0.4, -0.2) is 42.5 Å². The fourth-order valence-electron chi connectivity index (χ4n) is 3.34. The molecular formula is C19H19FN4O4S. The van der Waals surface area contributed by atoms with E-state index in [1.807, 2.05) is 0 Å². The summed E-state index contributed by atoms with van der Waals surface area (Å²) >= 11 is 0. The quantitative estimate of drug-likeness (QED) is 0.662. The van der Waals surface area contributed by atoms with Gasteiger partial charge in [-0.05, 0) is 38.0 Å². The number of nitrogens with zero attached hydrogens (tertiary/aromatic N) is 2. The molecular weight excluding hydrogens is 399 g/mol. The Morgan fingerprint density at radius 1 is 1.28 bits per heavy atom. The van der Waals surface area contributed by atoms with Gasteiger partial charge in [0.05, 0.1) is 17.4 Å². The van der Waals surface area contributed by atoms with E-state index in [1.54, 1.807) is 4.90 Å². The zero-order valence-electron chi connectivity index (χ0n) is 15.6. The average Bonchev–Trinajstić information content (AvgIpc) is 3.41. The molecule has 1 amide bonds. The molecule has 0 bridgehead atoms. The number of hydrogen-bond acceptors (Lipinski definition) is 5. The normalized spacial score (nSPS) is 14.3. The monoisotopic (exact) mass is 418 g/mol. The molecule has 2 N–H and O–H groups in total. The van der Waals surface area contributed by atoms with Crippen molar-refractivity contribution in [3.05, 3.63) is 53.7 Å². The molecule has 1 fully saturated rings. The summed E-state index contributed by atoms with van der Waals surface area (Å²) in [6, 6.07) is 6.47. The highest BCUT2D eigenvalue weighted by atomic mass is 32.2. The van der Waals surface area contributed by atoms with Gasteiger partial charge >= 0.3 is 0 Å². The second-order valence-corrected chi connectivity index (χ2v) is 8.46. The molecule has 3 heterocycles. The van der Waals surface area contributed by atoms with Crippen LogP contribution >= 0.6 is 0 Å². The molecule has 1 aliphatic rings. The number of aromatic amines is 1. The zero-order chi connectivity index (χ0) is 20.6. The Kier molecular flexibility index (Phi) is 4.87. The third kappa shape index (κ3) is 3.75. The number of sulfonamides is 1. The topological polar surface area (TPSA) is 108 Å². The Labute approximate surface area is 166 Å². The molecule has 4 rings (SSSR count). The van der Waals surface area contributed by atoms with Crippen molar-refractivity contribution in [3.63, 3.8) is 0 Å². The number of halogens is 1. The van der Waals surface area contributed by atoms with E-state index in [4.69, 9.17) is 4.42 Å². The number of amides is 1. The Bertz CT molecular complexity index is 1160.